The second-order valence-corrected chi connectivity index (χ2v) is 8.08. The van der Waals surface area contributed by atoms with Crippen molar-refractivity contribution >= 4 is 22.7 Å². The number of nitrogens with zero attached hydrogens (tertiary/aromatic N) is 3. The van der Waals surface area contributed by atoms with Crippen LogP contribution in [0.25, 0.3) is 10.9 Å². The molecule has 2 unspecified atom stereocenters. The van der Waals surface area contributed by atoms with Crippen LogP contribution in [-0.2, 0) is 0 Å². The maximum atomic E-state index is 15.1. The Balaban J connectivity index is 1.82. The molecule has 2 heterocycles. The first kappa shape index (κ1) is 19.7. The number of likely N-dealkylation sites (N-methyl/N-ethyl adjacent to an activating group) is 1. The number of ether oxygens (including phenoxy) is 1. The minimum Gasteiger partial charge on any atom is -0.449 e. The largest absolute Gasteiger partial charge is 0.511 e. The van der Waals surface area contributed by atoms with Crippen LogP contribution in [0, 0.1) is 5.82 Å². The van der Waals surface area contributed by atoms with Crippen molar-refractivity contribution < 1.29 is 19.0 Å². The van der Waals surface area contributed by atoms with E-state index in [1.165, 1.54) is 12.3 Å². The summed E-state index contributed by atoms with van der Waals surface area (Å²) in [5.74, 6) is -0.767. The van der Waals surface area contributed by atoms with Crippen LogP contribution in [0.2, 0.25) is 0 Å². The highest BCUT2D eigenvalue weighted by Gasteiger charge is 2.31. The molecule has 7 nitrogen and oxygen atoms in total. The Morgan fingerprint density at radius 2 is 1.90 bits per heavy atom. The van der Waals surface area contributed by atoms with Gasteiger partial charge in [-0.2, -0.15) is 0 Å². The highest BCUT2D eigenvalue weighted by molar-refractivity contribution is 5.85. The minimum absolute atomic E-state index is 0.144. The molecule has 1 saturated carbocycles. The van der Waals surface area contributed by atoms with Gasteiger partial charge < -0.3 is 19.3 Å². The van der Waals surface area contributed by atoms with Gasteiger partial charge in [0, 0.05) is 31.2 Å². The van der Waals surface area contributed by atoms with Gasteiger partial charge in [0.2, 0.25) is 5.43 Å². The van der Waals surface area contributed by atoms with Crippen LogP contribution < -0.4 is 15.1 Å². The first-order valence-corrected chi connectivity index (χ1v) is 10.1. The van der Waals surface area contributed by atoms with Crippen LogP contribution in [-0.4, -0.2) is 52.4 Å². The fraction of sp³-hybridized carbons (Fsp3) is 0.524. The van der Waals surface area contributed by atoms with Gasteiger partial charge in [-0.25, -0.2) is 9.18 Å². The summed E-state index contributed by atoms with van der Waals surface area (Å²) in [6, 6.07) is 3.70. The van der Waals surface area contributed by atoms with Gasteiger partial charge in [0.1, 0.15) is 5.82 Å². The van der Waals surface area contributed by atoms with E-state index < -0.39 is 17.4 Å². The van der Waals surface area contributed by atoms with Gasteiger partial charge in [0.15, 0.2) is 5.75 Å². The number of benzene rings is 1. The van der Waals surface area contributed by atoms with Gasteiger partial charge in [0.25, 0.3) is 0 Å². The van der Waals surface area contributed by atoms with Crippen LogP contribution in [0.3, 0.4) is 0 Å². The molecule has 1 aliphatic heterocycles. The van der Waals surface area contributed by atoms with E-state index in [9.17, 15) is 9.59 Å². The van der Waals surface area contributed by atoms with E-state index in [1.54, 1.807) is 6.07 Å². The van der Waals surface area contributed by atoms with Crippen molar-refractivity contribution in [1.29, 1.82) is 0 Å². The van der Waals surface area contributed by atoms with E-state index >= 15 is 4.39 Å². The number of pyridine rings is 1. The summed E-state index contributed by atoms with van der Waals surface area (Å²) in [4.78, 5) is 28.1. The number of piperazine rings is 1. The van der Waals surface area contributed by atoms with E-state index in [4.69, 9.17) is 5.11 Å². The Hall–Kier alpha value is -2.61. The minimum atomic E-state index is -1.56. The first-order chi connectivity index (χ1) is 13.8. The number of carbonyl (C=O) groups is 1. The predicted octanol–water partition coefficient (Wildman–Crippen LogP) is 3.45. The average molecular weight is 403 g/mol. The number of carboxylic acid groups (broad SMARTS) is 1. The first-order valence-electron chi connectivity index (χ1n) is 10.1. The van der Waals surface area contributed by atoms with Crippen LogP contribution in [0.4, 0.5) is 14.9 Å². The van der Waals surface area contributed by atoms with E-state index in [2.05, 4.69) is 30.4 Å². The molecule has 4 rings (SSSR count). The summed E-state index contributed by atoms with van der Waals surface area (Å²) >= 11 is 0. The Morgan fingerprint density at radius 3 is 2.45 bits per heavy atom. The Labute approximate surface area is 168 Å². The Kier molecular flexibility index (Phi) is 4.98. The lowest BCUT2D eigenvalue weighted by Gasteiger charge is -2.45. The molecule has 2 fully saturated rings. The molecule has 1 aliphatic carbocycles. The number of aromatic nitrogens is 1. The van der Waals surface area contributed by atoms with Crippen molar-refractivity contribution in [2.75, 3.05) is 24.5 Å². The molecule has 2 aromatic rings. The summed E-state index contributed by atoms with van der Waals surface area (Å²) in [7, 11) is 0. The van der Waals surface area contributed by atoms with Crippen LogP contribution >= 0.6 is 0 Å². The molecule has 2 atom stereocenters. The third-order valence-corrected chi connectivity index (χ3v) is 6.01. The van der Waals surface area contributed by atoms with Crippen LogP contribution in [0.15, 0.2) is 23.1 Å². The van der Waals surface area contributed by atoms with Gasteiger partial charge in [-0.05, 0) is 45.4 Å². The molecule has 0 radical (unpaired) electrons. The topological polar surface area (TPSA) is 75.0 Å². The van der Waals surface area contributed by atoms with Crippen molar-refractivity contribution in [2.24, 2.45) is 0 Å². The predicted molar refractivity (Wildman–Crippen MR) is 109 cm³/mol. The van der Waals surface area contributed by atoms with Gasteiger partial charge in [-0.3, -0.25) is 9.69 Å². The van der Waals surface area contributed by atoms with Crippen molar-refractivity contribution in [3.05, 3.63) is 34.4 Å². The quantitative estimate of drug-likeness (QED) is 0.788. The number of hydrogen-bond acceptors (Lipinski definition) is 5. The molecule has 0 amide bonds. The second kappa shape index (κ2) is 7.33. The normalized spacial score (nSPS) is 22.8. The average Bonchev–Trinajstić information content (AvgIpc) is 3.48. The molecule has 1 N–H and O–H groups in total. The van der Waals surface area contributed by atoms with Gasteiger partial charge in [-0.15, -0.1) is 0 Å². The standard InChI is InChI=1S/C21H26FN3O4/c1-4-24-12(2)9-23(10-13(24)3)18-8-17-15(7-16(18)22)20(26)19(29-21(27)28)11-25(17)14-5-6-14/h7-8,11-14H,4-6,9-10H2,1-3H3,(H,27,28). The maximum Gasteiger partial charge on any atom is 0.511 e. The molecule has 156 valence electrons. The van der Waals surface area contributed by atoms with E-state index in [0.717, 1.165) is 19.4 Å². The molecular weight excluding hydrogens is 377 g/mol. The smallest absolute Gasteiger partial charge is 0.449 e. The van der Waals surface area contributed by atoms with E-state index in [-0.39, 0.29) is 29.3 Å². The lowest BCUT2D eigenvalue weighted by Crippen LogP contribution is -2.56. The van der Waals surface area contributed by atoms with E-state index in [1.807, 2.05) is 9.47 Å². The summed E-state index contributed by atoms with van der Waals surface area (Å²) in [6.07, 6.45) is 1.75. The molecule has 8 heteroatoms. The number of anilines is 1. The monoisotopic (exact) mass is 403 g/mol. The summed E-state index contributed by atoms with van der Waals surface area (Å²) in [6.45, 7) is 8.76. The fourth-order valence-corrected chi connectivity index (χ4v) is 4.57. The molecule has 0 spiro atoms. The van der Waals surface area contributed by atoms with Crippen LogP contribution in [0.5, 0.6) is 5.75 Å². The van der Waals surface area contributed by atoms with Crippen molar-refractivity contribution in [3.63, 3.8) is 0 Å². The lowest BCUT2D eigenvalue weighted by atomic mass is 10.1. The van der Waals surface area contributed by atoms with Crippen molar-refractivity contribution in [1.82, 2.24) is 9.47 Å². The highest BCUT2D eigenvalue weighted by atomic mass is 19.1. The number of halogens is 1. The fourth-order valence-electron chi connectivity index (χ4n) is 4.57. The zero-order chi connectivity index (χ0) is 20.9. The molecule has 2 aliphatic rings. The van der Waals surface area contributed by atoms with Crippen molar-refractivity contribution in [3.8, 4) is 5.75 Å². The molecule has 1 aromatic heterocycles. The Morgan fingerprint density at radius 1 is 1.24 bits per heavy atom. The van der Waals surface area contributed by atoms with Gasteiger partial charge in [-0.1, -0.05) is 6.92 Å². The van der Waals surface area contributed by atoms with E-state index in [0.29, 0.717) is 24.3 Å². The molecular formula is C21H26FN3O4. The molecule has 0 bridgehead atoms. The third kappa shape index (κ3) is 3.57. The van der Waals surface area contributed by atoms with Crippen LogP contribution in [0.1, 0.15) is 39.7 Å². The zero-order valence-electron chi connectivity index (χ0n) is 16.9. The number of rotatable bonds is 4. The molecule has 1 saturated heterocycles. The Bertz CT molecular complexity index is 1010. The number of hydrogen-bond donors (Lipinski definition) is 1. The highest BCUT2D eigenvalue weighted by Crippen LogP contribution is 2.39. The second-order valence-electron chi connectivity index (χ2n) is 8.08. The van der Waals surface area contributed by atoms with Gasteiger partial charge in [0.05, 0.1) is 22.8 Å². The SMILES string of the molecule is CCN1C(C)CN(c2cc3c(cc2F)c(=O)c(OC(=O)O)cn3C2CC2)CC1C. The zero-order valence-corrected chi connectivity index (χ0v) is 16.9. The maximum absolute atomic E-state index is 15.1. The van der Waals surface area contributed by atoms with Gasteiger partial charge >= 0.3 is 6.16 Å². The molecule has 29 heavy (non-hydrogen) atoms. The molecule has 1 aromatic carbocycles. The summed E-state index contributed by atoms with van der Waals surface area (Å²) in [5, 5.41) is 9.06. The third-order valence-electron chi connectivity index (χ3n) is 6.01. The summed E-state index contributed by atoms with van der Waals surface area (Å²) < 4.78 is 21.6. The summed E-state index contributed by atoms with van der Waals surface area (Å²) in [5.41, 5.74) is 0.486. The van der Waals surface area contributed by atoms with Crippen molar-refractivity contribution in [2.45, 2.75) is 51.7 Å². The number of fused-ring (bicyclic) bond motifs is 1. The lowest BCUT2D eigenvalue weighted by molar-refractivity contribution is 0.139.